The molecule has 0 bridgehead atoms. The summed E-state index contributed by atoms with van der Waals surface area (Å²) < 4.78 is 27.2. The predicted octanol–water partition coefficient (Wildman–Crippen LogP) is 2.77. The number of carbonyl (C=O) groups is 1. The first-order chi connectivity index (χ1) is 11.1. The van der Waals surface area contributed by atoms with Gasteiger partial charge in [0.1, 0.15) is 12.1 Å². The Labute approximate surface area is 133 Å². The second-order valence-corrected chi connectivity index (χ2v) is 5.77. The molecule has 3 rings (SSSR count). The summed E-state index contributed by atoms with van der Waals surface area (Å²) >= 11 is 0. The molecule has 1 aliphatic rings. The highest BCUT2D eigenvalue weighted by molar-refractivity contribution is 5.94. The largest absolute Gasteiger partial charge is 0.333 e. The van der Waals surface area contributed by atoms with Gasteiger partial charge in [0.15, 0.2) is 0 Å². The van der Waals surface area contributed by atoms with E-state index in [0.717, 1.165) is 19.3 Å². The van der Waals surface area contributed by atoms with Crippen molar-refractivity contribution in [3.63, 3.8) is 0 Å². The third-order valence-corrected chi connectivity index (χ3v) is 4.11. The summed E-state index contributed by atoms with van der Waals surface area (Å²) in [4.78, 5) is 21.9. The van der Waals surface area contributed by atoms with Gasteiger partial charge in [-0.2, -0.15) is 0 Å². The van der Waals surface area contributed by atoms with Crippen molar-refractivity contribution < 1.29 is 13.6 Å². The van der Waals surface area contributed by atoms with Crippen molar-refractivity contribution in [2.45, 2.75) is 25.7 Å². The van der Waals surface area contributed by atoms with Crippen LogP contribution in [-0.4, -0.2) is 44.9 Å². The van der Waals surface area contributed by atoms with E-state index < -0.39 is 13.0 Å². The number of aromatic nitrogens is 3. The lowest BCUT2D eigenvalue weighted by molar-refractivity contribution is 0.0469. The van der Waals surface area contributed by atoms with E-state index in [9.17, 15) is 13.6 Å². The fourth-order valence-corrected chi connectivity index (χ4v) is 2.64. The first-order valence-corrected chi connectivity index (χ1v) is 7.65. The van der Waals surface area contributed by atoms with Crippen LogP contribution in [0.25, 0.3) is 5.82 Å². The Balaban J connectivity index is 1.73. The second-order valence-electron chi connectivity index (χ2n) is 5.77. The van der Waals surface area contributed by atoms with E-state index in [0.29, 0.717) is 23.8 Å². The van der Waals surface area contributed by atoms with Crippen LogP contribution in [0.2, 0.25) is 0 Å². The summed E-state index contributed by atoms with van der Waals surface area (Å²) in [5.74, 6) is 0.580. The molecule has 1 fully saturated rings. The number of hydrogen-bond acceptors (Lipinski definition) is 3. The summed E-state index contributed by atoms with van der Waals surface area (Å²) in [6.07, 6.45) is 6.99. The van der Waals surface area contributed by atoms with E-state index in [2.05, 4.69) is 9.97 Å². The smallest absolute Gasteiger partial charge is 0.255 e. The van der Waals surface area contributed by atoms with Gasteiger partial charge in [-0.25, -0.2) is 18.7 Å². The normalized spacial score (nSPS) is 14.7. The van der Waals surface area contributed by atoms with Gasteiger partial charge >= 0.3 is 0 Å². The van der Waals surface area contributed by atoms with Gasteiger partial charge in [-0.3, -0.25) is 9.36 Å². The fraction of sp³-hybridized carbons (Fsp3) is 0.438. The van der Waals surface area contributed by atoms with Crippen molar-refractivity contribution in [1.29, 1.82) is 0 Å². The number of pyridine rings is 1. The van der Waals surface area contributed by atoms with Crippen molar-refractivity contribution in [3.05, 3.63) is 42.6 Å². The van der Waals surface area contributed by atoms with Gasteiger partial charge < -0.3 is 4.90 Å². The lowest BCUT2D eigenvalue weighted by Crippen LogP contribution is -2.40. The van der Waals surface area contributed by atoms with Gasteiger partial charge in [-0.1, -0.05) is 6.42 Å². The van der Waals surface area contributed by atoms with E-state index in [1.54, 1.807) is 35.4 Å². The lowest BCUT2D eigenvalue weighted by Gasteiger charge is -2.32. The number of rotatable bonds is 6. The van der Waals surface area contributed by atoms with Crippen molar-refractivity contribution in [2.24, 2.45) is 5.92 Å². The minimum absolute atomic E-state index is 0.328. The highest BCUT2D eigenvalue weighted by Gasteiger charge is 2.26. The molecule has 5 nitrogen and oxygen atoms in total. The van der Waals surface area contributed by atoms with Gasteiger partial charge in [0.05, 0.1) is 12.1 Å². The third-order valence-electron chi connectivity index (χ3n) is 4.11. The molecule has 0 unspecified atom stereocenters. The first kappa shape index (κ1) is 15.6. The molecule has 1 amide bonds. The van der Waals surface area contributed by atoms with Crippen molar-refractivity contribution >= 4 is 5.91 Å². The third kappa shape index (κ3) is 3.72. The van der Waals surface area contributed by atoms with Crippen LogP contribution < -0.4 is 0 Å². The molecule has 0 N–H and O–H groups in total. The maximum absolute atomic E-state index is 12.8. The van der Waals surface area contributed by atoms with Crippen LogP contribution >= 0.6 is 0 Å². The van der Waals surface area contributed by atoms with Gasteiger partial charge in [0.2, 0.25) is 0 Å². The number of nitrogens with zero attached hydrogens (tertiary/aromatic N) is 4. The van der Waals surface area contributed by atoms with Gasteiger partial charge in [-0.15, -0.1) is 0 Å². The van der Waals surface area contributed by atoms with Crippen molar-refractivity contribution in [1.82, 2.24) is 19.4 Å². The Morgan fingerprint density at radius 2 is 2.22 bits per heavy atom. The van der Waals surface area contributed by atoms with E-state index >= 15 is 0 Å². The molecule has 1 saturated carbocycles. The standard InChI is InChI=1S/C16H18F2N4O/c17-14(18)10-22(9-12-2-1-3-12)16(23)13-4-5-15(20-8-13)21-7-6-19-11-21/h4-8,11-12,14H,1-3,9-10H2. The SMILES string of the molecule is O=C(c1ccc(-n2ccnc2)nc1)N(CC(F)F)CC1CCC1. The van der Waals surface area contributed by atoms with Crippen LogP contribution in [0.1, 0.15) is 29.6 Å². The average molecular weight is 320 g/mol. The topological polar surface area (TPSA) is 51.0 Å². The van der Waals surface area contributed by atoms with E-state index in [-0.39, 0.29) is 5.91 Å². The highest BCUT2D eigenvalue weighted by Crippen LogP contribution is 2.27. The van der Waals surface area contributed by atoms with Crippen LogP contribution in [0.3, 0.4) is 0 Å². The molecule has 0 atom stereocenters. The quantitative estimate of drug-likeness (QED) is 0.822. The zero-order valence-electron chi connectivity index (χ0n) is 12.6. The van der Waals surface area contributed by atoms with Crippen LogP contribution in [0.15, 0.2) is 37.1 Å². The molecule has 2 heterocycles. The fourth-order valence-electron chi connectivity index (χ4n) is 2.64. The molecule has 0 saturated heterocycles. The summed E-state index contributed by atoms with van der Waals surface area (Å²) in [5, 5.41) is 0. The van der Waals surface area contributed by atoms with Crippen LogP contribution in [-0.2, 0) is 0 Å². The molecular formula is C16H18F2N4O. The maximum atomic E-state index is 12.8. The number of imidazole rings is 1. The van der Waals surface area contributed by atoms with E-state index in [1.165, 1.54) is 11.1 Å². The Hall–Kier alpha value is -2.31. The molecule has 0 radical (unpaired) electrons. The van der Waals surface area contributed by atoms with Crippen LogP contribution in [0.5, 0.6) is 0 Å². The van der Waals surface area contributed by atoms with Crippen molar-refractivity contribution in [3.8, 4) is 5.82 Å². The summed E-state index contributed by atoms with van der Waals surface area (Å²) in [6, 6.07) is 3.29. The lowest BCUT2D eigenvalue weighted by atomic mass is 9.85. The number of halogens is 2. The molecule has 0 spiro atoms. The summed E-state index contributed by atoms with van der Waals surface area (Å²) in [7, 11) is 0. The molecule has 0 aliphatic heterocycles. The van der Waals surface area contributed by atoms with Crippen LogP contribution in [0, 0.1) is 5.92 Å². The number of carbonyl (C=O) groups excluding carboxylic acids is 1. The number of amides is 1. The van der Waals surface area contributed by atoms with Gasteiger partial charge in [0.25, 0.3) is 12.3 Å². The molecule has 1 aliphatic carbocycles. The number of alkyl halides is 2. The summed E-state index contributed by atoms with van der Waals surface area (Å²) in [5.41, 5.74) is 0.328. The zero-order chi connectivity index (χ0) is 16.2. The summed E-state index contributed by atoms with van der Waals surface area (Å²) in [6.45, 7) is -0.134. The predicted molar refractivity (Wildman–Crippen MR) is 80.6 cm³/mol. The Morgan fingerprint density at radius 3 is 2.74 bits per heavy atom. The zero-order valence-corrected chi connectivity index (χ0v) is 12.6. The van der Waals surface area contributed by atoms with E-state index in [4.69, 9.17) is 0 Å². The van der Waals surface area contributed by atoms with Crippen molar-refractivity contribution in [2.75, 3.05) is 13.1 Å². The number of hydrogen-bond donors (Lipinski definition) is 0. The Morgan fingerprint density at radius 1 is 1.39 bits per heavy atom. The average Bonchev–Trinajstić information content (AvgIpc) is 3.03. The molecule has 0 aromatic carbocycles. The first-order valence-electron chi connectivity index (χ1n) is 7.65. The molecule has 23 heavy (non-hydrogen) atoms. The Kier molecular flexibility index (Phi) is 4.64. The van der Waals surface area contributed by atoms with E-state index in [1.807, 2.05) is 0 Å². The van der Waals surface area contributed by atoms with Gasteiger partial charge in [-0.05, 0) is 30.9 Å². The molecule has 2 aromatic rings. The highest BCUT2D eigenvalue weighted by atomic mass is 19.3. The monoisotopic (exact) mass is 320 g/mol. The van der Waals surface area contributed by atoms with Gasteiger partial charge in [0, 0.05) is 25.1 Å². The Bertz CT molecular complexity index is 639. The molecule has 2 aromatic heterocycles. The molecule has 122 valence electrons. The minimum Gasteiger partial charge on any atom is -0.333 e. The second kappa shape index (κ2) is 6.85. The van der Waals surface area contributed by atoms with Crippen LogP contribution in [0.4, 0.5) is 8.78 Å². The molecule has 7 heteroatoms. The molecular weight excluding hydrogens is 302 g/mol. The minimum atomic E-state index is -2.53. The maximum Gasteiger partial charge on any atom is 0.255 e.